The number of benzene rings is 1. The quantitative estimate of drug-likeness (QED) is 0.756. The largest absolute Gasteiger partial charge is 0.467 e. The van der Waals surface area contributed by atoms with Crippen LogP contribution in [0.1, 0.15) is 16.2 Å². The van der Waals surface area contributed by atoms with E-state index in [-0.39, 0.29) is 5.91 Å². The second kappa shape index (κ2) is 6.53. The molecule has 0 bridgehead atoms. The first kappa shape index (κ1) is 13.8. The minimum atomic E-state index is -0.283. The summed E-state index contributed by atoms with van der Waals surface area (Å²) in [6.07, 6.45) is 2.96. The second-order valence-electron chi connectivity index (χ2n) is 4.54. The predicted octanol–water partition coefficient (Wildman–Crippen LogP) is 2.93. The summed E-state index contributed by atoms with van der Waals surface area (Å²) in [5, 5.41) is 5.86. The Hall–Kier alpha value is -3.15. The van der Waals surface area contributed by atoms with Crippen molar-refractivity contribution in [2.75, 3.05) is 10.6 Å². The number of hydrogen-bond donors (Lipinski definition) is 2. The first-order valence-electron chi connectivity index (χ1n) is 6.76. The molecule has 6 nitrogen and oxygen atoms in total. The molecule has 3 aromatic rings. The number of anilines is 2. The van der Waals surface area contributed by atoms with Gasteiger partial charge >= 0.3 is 0 Å². The highest BCUT2D eigenvalue weighted by Crippen LogP contribution is 2.10. The van der Waals surface area contributed by atoms with Crippen LogP contribution < -0.4 is 10.6 Å². The summed E-state index contributed by atoms with van der Waals surface area (Å²) >= 11 is 0. The molecule has 6 heteroatoms. The van der Waals surface area contributed by atoms with Crippen molar-refractivity contribution in [3.8, 4) is 0 Å². The van der Waals surface area contributed by atoms with E-state index in [2.05, 4.69) is 20.6 Å². The van der Waals surface area contributed by atoms with Crippen LogP contribution in [0.4, 0.5) is 11.5 Å². The molecule has 0 unspecified atom stereocenters. The summed E-state index contributed by atoms with van der Waals surface area (Å²) in [5.74, 6) is 1.06. The van der Waals surface area contributed by atoms with E-state index in [1.165, 1.54) is 6.33 Å². The molecule has 2 heterocycles. The number of hydrogen-bond acceptors (Lipinski definition) is 5. The van der Waals surface area contributed by atoms with Gasteiger partial charge in [-0.2, -0.15) is 0 Å². The minimum absolute atomic E-state index is 0.283. The van der Waals surface area contributed by atoms with Gasteiger partial charge in [0.15, 0.2) is 0 Å². The third-order valence-corrected chi connectivity index (χ3v) is 2.96. The Morgan fingerprint density at radius 2 is 1.95 bits per heavy atom. The van der Waals surface area contributed by atoms with Crippen LogP contribution in [0.25, 0.3) is 0 Å². The summed E-state index contributed by atoms with van der Waals surface area (Å²) in [6, 6.07) is 14.5. The van der Waals surface area contributed by atoms with Gasteiger partial charge in [-0.1, -0.05) is 18.2 Å². The monoisotopic (exact) mass is 294 g/mol. The number of rotatable bonds is 5. The normalized spacial score (nSPS) is 10.2. The Morgan fingerprint density at radius 1 is 1.09 bits per heavy atom. The molecule has 1 aromatic carbocycles. The predicted molar refractivity (Wildman–Crippen MR) is 82.5 cm³/mol. The van der Waals surface area contributed by atoms with E-state index < -0.39 is 0 Å². The van der Waals surface area contributed by atoms with E-state index in [4.69, 9.17) is 4.42 Å². The molecule has 0 saturated carbocycles. The van der Waals surface area contributed by atoms with Gasteiger partial charge in [-0.05, 0) is 24.3 Å². The van der Waals surface area contributed by atoms with Crippen LogP contribution in [-0.4, -0.2) is 15.9 Å². The number of carbonyl (C=O) groups excluding carboxylic acids is 1. The van der Waals surface area contributed by atoms with Crippen molar-refractivity contribution in [3.63, 3.8) is 0 Å². The lowest BCUT2D eigenvalue weighted by Gasteiger charge is -2.06. The Bertz CT molecular complexity index is 742. The molecule has 2 N–H and O–H groups in total. The van der Waals surface area contributed by atoms with Crippen molar-refractivity contribution < 1.29 is 9.21 Å². The van der Waals surface area contributed by atoms with Gasteiger partial charge < -0.3 is 15.1 Å². The van der Waals surface area contributed by atoms with Crippen LogP contribution in [0.3, 0.4) is 0 Å². The number of para-hydroxylation sites is 1. The van der Waals surface area contributed by atoms with Gasteiger partial charge in [0.25, 0.3) is 5.91 Å². The lowest BCUT2D eigenvalue weighted by molar-refractivity contribution is 0.102. The van der Waals surface area contributed by atoms with Crippen LogP contribution in [0.15, 0.2) is 65.5 Å². The smallest absolute Gasteiger partial charge is 0.274 e. The Labute approximate surface area is 127 Å². The zero-order valence-corrected chi connectivity index (χ0v) is 11.7. The first-order valence-corrected chi connectivity index (χ1v) is 6.76. The fraction of sp³-hybridized carbons (Fsp3) is 0.0625. The zero-order valence-electron chi connectivity index (χ0n) is 11.7. The van der Waals surface area contributed by atoms with Crippen molar-refractivity contribution >= 4 is 17.4 Å². The molecule has 0 saturated heterocycles. The molecular formula is C16H14N4O2. The van der Waals surface area contributed by atoms with Crippen molar-refractivity contribution in [1.29, 1.82) is 0 Å². The fourth-order valence-corrected chi connectivity index (χ4v) is 1.89. The number of amides is 1. The number of carbonyl (C=O) groups is 1. The molecule has 0 fully saturated rings. The van der Waals surface area contributed by atoms with Crippen LogP contribution in [0.2, 0.25) is 0 Å². The number of nitrogens with one attached hydrogen (secondary N) is 2. The lowest BCUT2D eigenvalue weighted by atomic mass is 10.3. The number of furan rings is 1. The van der Waals surface area contributed by atoms with Gasteiger partial charge in [0.2, 0.25) is 0 Å². The molecule has 0 atom stereocenters. The lowest BCUT2D eigenvalue weighted by Crippen LogP contribution is -2.14. The molecule has 0 aliphatic heterocycles. The van der Waals surface area contributed by atoms with Crippen LogP contribution in [-0.2, 0) is 6.54 Å². The SMILES string of the molecule is O=C(Nc1ccccc1)c1cc(NCc2ccco2)ncn1. The summed E-state index contributed by atoms with van der Waals surface area (Å²) in [6.45, 7) is 0.490. The Morgan fingerprint density at radius 3 is 2.73 bits per heavy atom. The summed E-state index contributed by atoms with van der Waals surface area (Å²) in [4.78, 5) is 20.2. The number of aromatic nitrogens is 2. The molecule has 1 amide bonds. The molecule has 110 valence electrons. The van der Waals surface area contributed by atoms with Crippen LogP contribution in [0.5, 0.6) is 0 Å². The maximum Gasteiger partial charge on any atom is 0.274 e. The standard InChI is InChI=1S/C16H14N4O2/c21-16(20-12-5-2-1-3-6-12)14-9-15(19-11-18-14)17-10-13-7-4-8-22-13/h1-9,11H,10H2,(H,20,21)(H,17,18,19). The van der Waals surface area contributed by atoms with Gasteiger partial charge in [0, 0.05) is 11.8 Å². The average molecular weight is 294 g/mol. The third kappa shape index (κ3) is 3.49. The van der Waals surface area contributed by atoms with Crippen LogP contribution >= 0.6 is 0 Å². The molecule has 22 heavy (non-hydrogen) atoms. The first-order chi connectivity index (χ1) is 10.8. The van der Waals surface area contributed by atoms with Crippen LogP contribution in [0, 0.1) is 0 Å². The average Bonchev–Trinajstić information content (AvgIpc) is 3.08. The summed E-state index contributed by atoms with van der Waals surface area (Å²) in [7, 11) is 0. The topological polar surface area (TPSA) is 80.0 Å². The van der Waals surface area contributed by atoms with E-state index in [1.54, 1.807) is 12.3 Å². The molecule has 0 spiro atoms. The van der Waals surface area contributed by atoms with Crippen molar-refractivity contribution in [2.45, 2.75) is 6.54 Å². The van der Waals surface area contributed by atoms with Crippen molar-refractivity contribution in [1.82, 2.24) is 9.97 Å². The molecule has 3 rings (SSSR count). The summed E-state index contributed by atoms with van der Waals surface area (Å²) < 4.78 is 5.23. The maximum atomic E-state index is 12.2. The number of nitrogens with zero attached hydrogens (tertiary/aromatic N) is 2. The third-order valence-electron chi connectivity index (χ3n) is 2.96. The highest BCUT2D eigenvalue weighted by molar-refractivity contribution is 6.03. The molecule has 0 radical (unpaired) electrons. The maximum absolute atomic E-state index is 12.2. The Balaban J connectivity index is 1.66. The molecule has 0 aliphatic rings. The summed E-state index contributed by atoms with van der Waals surface area (Å²) in [5.41, 5.74) is 1.01. The molecule has 2 aromatic heterocycles. The van der Waals surface area contributed by atoms with Crippen molar-refractivity contribution in [2.24, 2.45) is 0 Å². The second-order valence-corrected chi connectivity index (χ2v) is 4.54. The molecule has 0 aliphatic carbocycles. The van der Waals surface area contributed by atoms with E-state index in [1.807, 2.05) is 42.5 Å². The van der Waals surface area contributed by atoms with Gasteiger partial charge in [-0.3, -0.25) is 4.79 Å². The highest BCUT2D eigenvalue weighted by atomic mass is 16.3. The van der Waals surface area contributed by atoms with Gasteiger partial charge in [0.1, 0.15) is 23.6 Å². The Kier molecular flexibility index (Phi) is 4.10. The molecular weight excluding hydrogens is 280 g/mol. The van der Waals surface area contributed by atoms with E-state index in [9.17, 15) is 4.79 Å². The highest BCUT2D eigenvalue weighted by Gasteiger charge is 2.09. The van der Waals surface area contributed by atoms with Gasteiger partial charge in [-0.25, -0.2) is 9.97 Å². The van der Waals surface area contributed by atoms with Gasteiger partial charge in [-0.15, -0.1) is 0 Å². The van der Waals surface area contributed by atoms with E-state index in [0.717, 1.165) is 11.4 Å². The zero-order chi connectivity index (χ0) is 15.2. The van der Waals surface area contributed by atoms with E-state index in [0.29, 0.717) is 18.1 Å². The van der Waals surface area contributed by atoms with Gasteiger partial charge in [0.05, 0.1) is 12.8 Å². The van der Waals surface area contributed by atoms with E-state index >= 15 is 0 Å². The minimum Gasteiger partial charge on any atom is -0.467 e. The fourth-order valence-electron chi connectivity index (χ4n) is 1.89. The van der Waals surface area contributed by atoms with Crippen molar-refractivity contribution in [3.05, 3.63) is 72.6 Å².